The van der Waals surface area contributed by atoms with Crippen LogP contribution in [0.1, 0.15) is 44.7 Å². The molecule has 1 heterocycles. The second kappa shape index (κ2) is 14.5. The largest absolute Gasteiger partial charge is 0.508 e. The summed E-state index contributed by atoms with van der Waals surface area (Å²) in [5, 5.41) is 18.8. The minimum absolute atomic E-state index is 0.0427. The summed E-state index contributed by atoms with van der Waals surface area (Å²) >= 11 is 0. The third-order valence-corrected chi connectivity index (χ3v) is 7.41. The van der Waals surface area contributed by atoms with Crippen LogP contribution in [0.4, 0.5) is 0 Å². The molecule has 212 valence electrons. The number of rotatable bonds is 4. The molecular weight excluding hydrogens is 496 g/mol. The molecule has 1 aliphatic rings. The maximum absolute atomic E-state index is 13.5. The summed E-state index contributed by atoms with van der Waals surface area (Å²) < 4.78 is 6.05. The summed E-state index contributed by atoms with van der Waals surface area (Å²) in [6, 6.07) is 12.3. The topological polar surface area (TPSA) is 120 Å². The zero-order valence-corrected chi connectivity index (χ0v) is 23.4. The molecule has 0 spiro atoms. The second-order valence-electron chi connectivity index (χ2n) is 10.2. The Bertz CT molecular complexity index is 1110. The summed E-state index contributed by atoms with van der Waals surface area (Å²) in [5.74, 6) is 0.0587. The van der Waals surface area contributed by atoms with E-state index in [0.717, 1.165) is 23.3 Å². The van der Waals surface area contributed by atoms with Crippen molar-refractivity contribution in [2.45, 2.75) is 64.6 Å². The molecule has 0 saturated heterocycles. The number of aryl methyl sites for hydroxylation is 1. The van der Waals surface area contributed by atoms with E-state index in [0.29, 0.717) is 32.5 Å². The van der Waals surface area contributed by atoms with Gasteiger partial charge in [0.25, 0.3) is 0 Å². The van der Waals surface area contributed by atoms with Crippen LogP contribution < -0.4 is 20.7 Å². The lowest BCUT2D eigenvalue weighted by molar-refractivity contribution is -0.141. The predicted octanol–water partition coefficient (Wildman–Crippen LogP) is 2.41. The van der Waals surface area contributed by atoms with E-state index < -0.39 is 24.0 Å². The van der Waals surface area contributed by atoms with Crippen molar-refractivity contribution in [2.24, 2.45) is 5.92 Å². The van der Waals surface area contributed by atoms with E-state index in [1.54, 1.807) is 38.2 Å². The first-order chi connectivity index (χ1) is 18.7. The molecule has 3 amide bonds. The average molecular weight is 539 g/mol. The fraction of sp³-hybridized carbons (Fsp3) is 0.500. The van der Waals surface area contributed by atoms with E-state index in [9.17, 15) is 19.5 Å². The van der Waals surface area contributed by atoms with Gasteiger partial charge in [0, 0.05) is 26.6 Å². The Morgan fingerprint density at radius 1 is 1.05 bits per heavy atom. The molecule has 0 saturated carbocycles. The summed E-state index contributed by atoms with van der Waals surface area (Å²) in [4.78, 5) is 41.4. The Morgan fingerprint density at radius 3 is 2.49 bits per heavy atom. The van der Waals surface area contributed by atoms with Gasteiger partial charge in [-0.25, -0.2) is 0 Å². The first-order valence-electron chi connectivity index (χ1n) is 13.8. The minimum atomic E-state index is -0.842. The van der Waals surface area contributed by atoms with Crippen molar-refractivity contribution in [3.8, 4) is 11.5 Å². The molecule has 0 fully saturated rings. The number of benzene rings is 2. The monoisotopic (exact) mass is 538 g/mol. The van der Waals surface area contributed by atoms with Gasteiger partial charge < -0.3 is 30.7 Å². The van der Waals surface area contributed by atoms with Crippen LogP contribution in [-0.4, -0.2) is 72.6 Å². The lowest BCUT2D eigenvalue weighted by Crippen LogP contribution is -2.57. The molecule has 0 aliphatic carbocycles. The Morgan fingerprint density at radius 2 is 1.77 bits per heavy atom. The van der Waals surface area contributed by atoms with Gasteiger partial charge in [-0.2, -0.15) is 0 Å². The predicted molar refractivity (Wildman–Crippen MR) is 150 cm³/mol. The highest BCUT2D eigenvalue weighted by atomic mass is 16.5. The number of nitrogens with zero attached hydrogens (tertiary/aromatic N) is 1. The number of ether oxygens (including phenoxy) is 1. The number of phenolic OH excluding ortho intramolecular Hbond substituents is 1. The van der Waals surface area contributed by atoms with Crippen LogP contribution in [0.3, 0.4) is 0 Å². The van der Waals surface area contributed by atoms with Gasteiger partial charge in [0.1, 0.15) is 30.2 Å². The van der Waals surface area contributed by atoms with Crippen LogP contribution >= 0.6 is 0 Å². The number of aromatic hydroxyl groups is 1. The van der Waals surface area contributed by atoms with Crippen molar-refractivity contribution in [3.05, 3.63) is 59.7 Å². The molecule has 0 aromatic heterocycles. The lowest BCUT2D eigenvalue weighted by atomic mass is 9.97. The molecule has 1 aliphatic heterocycles. The van der Waals surface area contributed by atoms with Gasteiger partial charge in [0.2, 0.25) is 17.7 Å². The number of carbonyl (C=O) groups excluding carboxylic acids is 3. The van der Waals surface area contributed by atoms with Crippen molar-refractivity contribution in [1.82, 2.24) is 20.9 Å². The van der Waals surface area contributed by atoms with E-state index in [4.69, 9.17) is 4.74 Å². The Kier molecular flexibility index (Phi) is 11.2. The number of para-hydroxylation sites is 1. The van der Waals surface area contributed by atoms with Crippen LogP contribution in [0.2, 0.25) is 0 Å². The van der Waals surface area contributed by atoms with Gasteiger partial charge in [-0.1, -0.05) is 50.6 Å². The quantitative estimate of drug-likeness (QED) is 0.475. The standard InChI is InChI=1S/C30H42N4O5/c1-5-20(2)27-30(38)34(4)21(3)28(36)33-25(19-22-12-14-24(35)15-13-22)29(37)32-16-8-10-23-9-6-7-11-26(23)39-18-17-31-27/h6-7,9,11-15,20-21,25,27,31,35H,5,8,10,16-19H2,1-4H3,(H,32,37)(H,33,36)/t20-,21+,25+,27-/m0/s1. The van der Waals surface area contributed by atoms with E-state index in [-0.39, 0.29) is 29.9 Å². The van der Waals surface area contributed by atoms with Crippen molar-refractivity contribution in [1.29, 1.82) is 0 Å². The van der Waals surface area contributed by atoms with Gasteiger partial charge in [-0.05, 0) is 55.0 Å². The number of fused-ring (bicyclic) bond motifs is 1. The molecular formula is C30H42N4O5. The third kappa shape index (κ3) is 8.45. The molecule has 0 bridgehead atoms. The van der Waals surface area contributed by atoms with Crippen LogP contribution in [0.5, 0.6) is 11.5 Å². The van der Waals surface area contributed by atoms with Crippen LogP contribution in [0.15, 0.2) is 48.5 Å². The third-order valence-electron chi connectivity index (χ3n) is 7.41. The number of nitrogens with one attached hydrogen (secondary N) is 3. The summed E-state index contributed by atoms with van der Waals surface area (Å²) in [6.45, 7) is 7.01. The number of amides is 3. The second-order valence-corrected chi connectivity index (χ2v) is 10.2. The van der Waals surface area contributed by atoms with Gasteiger partial charge in [-0.3, -0.25) is 14.4 Å². The molecule has 9 heteroatoms. The molecule has 2 aromatic rings. The van der Waals surface area contributed by atoms with Crippen LogP contribution in [0, 0.1) is 5.92 Å². The highest BCUT2D eigenvalue weighted by Crippen LogP contribution is 2.20. The van der Waals surface area contributed by atoms with Crippen molar-refractivity contribution < 1.29 is 24.2 Å². The highest BCUT2D eigenvalue weighted by molar-refractivity contribution is 5.93. The van der Waals surface area contributed by atoms with Gasteiger partial charge in [0.15, 0.2) is 0 Å². The van der Waals surface area contributed by atoms with Crippen molar-refractivity contribution in [3.63, 3.8) is 0 Å². The number of hydrogen-bond donors (Lipinski definition) is 4. The molecule has 0 unspecified atom stereocenters. The summed E-state index contributed by atoms with van der Waals surface area (Å²) in [5.41, 5.74) is 1.84. The molecule has 4 N–H and O–H groups in total. The molecule has 3 rings (SSSR count). The molecule has 0 radical (unpaired) electrons. The first-order valence-corrected chi connectivity index (χ1v) is 13.8. The molecule has 4 atom stereocenters. The minimum Gasteiger partial charge on any atom is -0.508 e. The van der Waals surface area contributed by atoms with Gasteiger partial charge >= 0.3 is 0 Å². The fourth-order valence-corrected chi connectivity index (χ4v) is 4.56. The SMILES string of the molecule is CC[C@H](C)[C@@H]1NCCOc2ccccc2CCCNC(=O)[C@@H](Cc2ccc(O)cc2)NC(=O)[C@@H](C)N(C)C1=O. The number of phenols is 1. The van der Waals surface area contributed by atoms with E-state index >= 15 is 0 Å². The van der Waals surface area contributed by atoms with Gasteiger partial charge in [0.05, 0.1) is 6.04 Å². The molecule has 9 nitrogen and oxygen atoms in total. The van der Waals surface area contributed by atoms with Gasteiger partial charge in [-0.15, -0.1) is 0 Å². The van der Waals surface area contributed by atoms with Crippen molar-refractivity contribution in [2.75, 3.05) is 26.7 Å². The summed E-state index contributed by atoms with van der Waals surface area (Å²) in [6.07, 6.45) is 2.45. The van der Waals surface area contributed by atoms with Crippen LogP contribution in [0.25, 0.3) is 0 Å². The Balaban J connectivity index is 1.85. The van der Waals surface area contributed by atoms with Crippen LogP contribution in [-0.2, 0) is 27.2 Å². The summed E-state index contributed by atoms with van der Waals surface area (Å²) in [7, 11) is 1.61. The fourth-order valence-electron chi connectivity index (χ4n) is 4.56. The maximum atomic E-state index is 13.5. The van der Waals surface area contributed by atoms with Crippen molar-refractivity contribution >= 4 is 17.7 Å². The van der Waals surface area contributed by atoms with E-state index in [2.05, 4.69) is 16.0 Å². The normalized spacial score (nSPS) is 22.9. The number of likely N-dealkylation sites (N-methyl/N-ethyl adjacent to an activating group) is 1. The zero-order valence-electron chi connectivity index (χ0n) is 23.4. The Labute approximate surface area is 231 Å². The smallest absolute Gasteiger partial charge is 0.243 e. The van der Waals surface area contributed by atoms with E-state index in [1.165, 1.54) is 4.90 Å². The Hall–Kier alpha value is -3.59. The average Bonchev–Trinajstić information content (AvgIpc) is 2.94. The number of hydrogen-bond acceptors (Lipinski definition) is 6. The van der Waals surface area contributed by atoms with E-state index in [1.807, 2.05) is 38.1 Å². The maximum Gasteiger partial charge on any atom is 0.243 e. The zero-order chi connectivity index (χ0) is 28.4. The first kappa shape index (κ1) is 30.0. The lowest BCUT2D eigenvalue weighted by Gasteiger charge is -2.32. The molecule has 39 heavy (non-hydrogen) atoms. The number of carbonyl (C=O) groups is 3. The highest BCUT2D eigenvalue weighted by Gasteiger charge is 2.32. The molecule has 2 aromatic carbocycles.